The van der Waals surface area contributed by atoms with Gasteiger partial charge in [0.15, 0.2) is 0 Å². The molecule has 2 rings (SSSR count). The Morgan fingerprint density at radius 1 is 1.36 bits per heavy atom. The second kappa shape index (κ2) is 3.37. The topological polar surface area (TPSA) is 32.3 Å². The number of benzene rings is 1. The molecule has 0 spiro atoms. The minimum Gasteiger partial charge on any atom is -0.384 e. The number of hydrogen-bond donors (Lipinski definition) is 2. The van der Waals surface area contributed by atoms with Crippen molar-refractivity contribution in [3.63, 3.8) is 0 Å². The van der Waals surface area contributed by atoms with Gasteiger partial charge in [-0.2, -0.15) is 0 Å². The SMILES string of the molecule is Cc1ccc(C)c(C2(O)CCNC2)c1. The molecule has 76 valence electrons. The maximum atomic E-state index is 10.4. The third kappa shape index (κ3) is 1.56. The van der Waals surface area contributed by atoms with E-state index in [-0.39, 0.29) is 0 Å². The summed E-state index contributed by atoms with van der Waals surface area (Å²) in [5.41, 5.74) is 2.84. The van der Waals surface area contributed by atoms with Gasteiger partial charge in [-0.15, -0.1) is 0 Å². The molecule has 1 saturated heterocycles. The van der Waals surface area contributed by atoms with Crippen LogP contribution in [0, 0.1) is 13.8 Å². The lowest BCUT2D eigenvalue weighted by Crippen LogP contribution is -2.29. The van der Waals surface area contributed by atoms with Gasteiger partial charge in [-0.1, -0.05) is 23.8 Å². The van der Waals surface area contributed by atoms with Crippen LogP contribution in [0.5, 0.6) is 0 Å². The summed E-state index contributed by atoms with van der Waals surface area (Å²) < 4.78 is 0. The average Bonchev–Trinajstić information content (AvgIpc) is 2.58. The Labute approximate surface area is 85.0 Å². The summed E-state index contributed by atoms with van der Waals surface area (Å²) in [7, 11) is 0. The highest BCUT2D eigenvalue weighted by atomic mass is 16.3. The zero-order valence-electron chi connectivity index (χ0n) is 8.80. The van der Waals surface area contributed by atoms with Crippen molar-refractivity contribution in [2.45, 2.75) is 25.9 Å². The van der Waals surface area contributed by atoms with Crippen molar-refractivity contribution in [2.24, 2.45) is 0 Å². The second-order valence-corrected chi connectivity index (χ2v) is 4.28. The molecule has 2 N–H and O–H groups in total. The minimum absolute atomic E-state index is 0.643. The molecule has 1 aliphatic rings. The summed E-state index contributed by atoms with van der Waals surface area (Å²) in [4.78, 5) is 0. The third-order valence-corrected chi connectivity index (χ3v) is 3.03. The molecule has 14 heavy (non-hydrogen) atoms. The van der Waals surface area contributed by atoms with E-state index in [2.05, 4.69) is 37.4 Å². The van der Waals surface area contributed by atoms with E-state index in [1.54, 1.807) is 0 Å². The van der Waals surface area contributed by atoms with Crippen molar-refractivity contribution >= 4 is 0 Å². The van der Waals surface area contributed by atoms with Crippen molar-refractivity contribution in [3.8, 4) is 0 Å². The van der Waals surface area contributed by atoms with E-state index in [9.17, 15) is 5.11 Å². The Balaban J connectivity index is 2.44. The van der Waals surface area contributed by atoms with Gasteiger partial charge in [-0.05, 0) is 37.9 Å². The van der Waals surface area contributed by atoms with E-state index in [4.69, 9.17) is 0 Å². The Morgan fingerprint density at radius 3 is 2.79 bits per heavy atom. The first-order chi connectivity index (χ1) is 6.62. The molecular weight excluding hydrogens is 174 g/mol. The molecule has 1 atom stereocenters. The van der Waals surface area contributed by atoms with Crippen LogP contribution in [0.4, 0.5) is 0 Å². The van der Waals surface area contributed by atoms with Crippen molar-refractivity contribution < 1.29 is 5.11 Å². The van der Waals surface area contributed by atoms with Gasteiger partial charge in [0.25, 0.3) is 0 Å². The van der Waals surface area contributed by atoms with Gasteiger partial charge < -0.3 is 10.4 Å². The van der Waals surface area contributed by atoms with Gasteiger partial charge in [-0.3, -0.25) is 0 Å². The summed E-state index contributed by atoms with van der Waals surface area (Å²) in [5.74, 6) is 0. The fourth-order valence-corrected chi connectivity index (χ4v) is 2.15. The number of aliphatic hydroxyl groups is 1. The van der Waals surface area contributed by atoms with Crippen molar-refractivity contribution in [1.82, 2.24) is 5.32 Å². The molecule has 1 aromatic rings. The quantitative estimate of drug-likeness (QED) is 0.705. The Morgan fingerprint density at radius 2 is 2.14 bits per heavy atom. The number of β-amino-alcohol motifs (C(OH)–C–C–N with tert-alkyl or cyclic N) is 1. The predicted molar refractivity (Wildman–Crippen MR) is 57.3 cm³/mol. The Kier molecular flexibility index (Phi) is 2.33. The first kappa shape index (κ1) is 9.69. The molecule has 1 fully saturated rings. The summed E-state index contributed by atoms with van der Waals surface area (Å²) in [6, 6.07) is 6.27. The molecule has 0 aliphatic carbocycles. The summed E-state index contributed by atoms with van der Waals surface area (Å²) in [6.45, 7) is 5.71. The highest BCUT2D eigenvalue weighted by Gasteiger charge is 2.33. The van der Waals surface area contributed by atoms with E-state index in [0.717, 1.165) is 18.5 Å². The summed E-state index contributed by atoms with van der Waals surface area (Å²) in [6.07, 6.45) is 0.817. The molecule has 2 heteroatoms. The van der Waals surface area contributed by atoms with Crippen molar-refractivity contribution in [3.05, 3.63) is 34.9 Å². The van der Waals surface area contributed by atoms with Crippen LogP contribution in [0.1, 0.15) is 23.1 Å². The number of aryl methyl sites for hydroxylation is 2. The lowest BCUT2D eigenvalue weighted by Gasteiger charge is -2.24. The van der Waals surface area contributed by atoms with Crippen LogP contribution in [-0.4, -0.2) is 18.2 Å². The number of rotatable bonds is 1. The van der Waals surface area contributed by atoms with Gasteiger partial charge in [0.2, 0.25) is 0 Å². The molecule has 0 radical (unpaired) electrons. The zero-order chi connectivity index (χ0) is 10.2. The highest BCUT2D eigenvalue weighted by Crippen LogP contribution is 2.30. The molecule has 0 saturated carbocycles. The highest BCUT2D eigenvalue weighted by molar-refractivity contribution is 5.36. The van der Waals surface area contributed by atoms with Crippen LogP contribution in [0.25, 0.3) is 0 Å². The molecule has 1 heterocycles. The molecule has 1 aromatic carbocycles. The normalized spacial score (nSPS) is 26.8. The second-order valence-electron chi connectivity index (χ2n) is 4.28. The molecular formula is C12H17NO. The Bertz CT molecular complexity index is 340. The molecule has 1 unspecified atom stereocenters. The van der Waals surface area contributed by atoms with E-state index >= 15 is 0 Å². The van der Waals surface area contributed by atoms with E-state index in [1.165, 1.54) is 11.1 Å². The largest absolute Gasteiger partial charge is 0.384 e. The lowest BCUT2D eigenvalue weighted by atomic mass is 9.88. The number of nitrogens with one attached hydrogen (secondary N) is 1. The van der Waals surface area contributed by atoms with Gasteiger partial charge in [0, 0.05) is 6.54 Å². The van der Waals surface area contributed by atoms with E-state index < -0.39 is 5.60 Å². The smallest absolute Gasteiger partial charge is 0.103 e. The monoisotopic (exact) mass is 191 g/mol. The van der Waals surface area contributed by atoms with Gasteiger partial charge in [-0.25, -0.2) is 0 Å². The molecule has 2 nitrogen and oxygen atoms in total. The first-order valence-corrected chi connectivity index (χ1v) is 5.13. The first-order valence-electron chi connectivity index (χ1n) is 5.13. The molecule has 0 amide bonds. The molecule has 1 aliphatic heterocycles. The van der Waals surface area contributed by atoms with Crippen molar-refractivity contribution in [1.29, 1.82) is 0 Å². The molecule has 0 bridgehead atoms. The van der Waals surface area contributed by atoms with E-state index in [0.29, 0.717) is 6.54 Å². The fraction of sp³-hybridized carbons (Fsp3) is 0.500. The van der Waals surface area contributed by atoms with Crippen LogP contribution < -0.4 is 5.32 Å². The zero-order valence-corrected chi connectivity index (χ0v) is 8.80. The maximum absolute atomic E-state index is 10.4. The maximum Gasteiger partial charge on any atom is 0.103 e. The Hall–Kier alpha value is -0.860. The number of hydrogen-bond acceptors (Lipinski definition) is 2. The van der Waals surface area contributed by atoms with Crippen LogP contribution >= 0.6 is 0 Å². The summed E-state index contributed by atoms with van der Waals surface area (Å²) >= 11 is 0. The van der Waals surface area contributed by atoms with Crippen LogP contribution in [-0.2, 0) is 5.60 Å². The fourth-order valence-electron chi connectivity index (χ4n) is 2.15. The third-order valence-electron chi connectivity index (χ3n) is 3.03. The minimum atomic E-state index is -0.643. The lowest BCUT2D eigenvalue weighted by molar-refractivity contribution is 0.0580. The van der Waals surface area contributed by atoms with Gasteiger partial charge in [0.05, 0.1) is 0 Å². The van der Waals surface area contributed by atoms with Gasteiger partial charge in [0.1, 0.15) is 5.60 Å². The van der Waals surface area contributed by atoms with Crippen LogP contribution in [0.15, 0.2) is 18.2 Å². The van der Waals surface area contributed by atoms with Crippen LogP contribution in [0.3, 0.4) is 0 Å². The standard InChI is InChI=1S/C12H17NO/c1-9-3-4-10(2)11(7-9)12(14)5-6-13-8-12/h3-4,7,13-14H,5-6,8H2,1-2H3. The molecule has 0 aromatic heterocycles. The van der Waals surface area contributed by atoms with Crippen molar-refractivity contribution in [2.75, 3.05) is 13.1 Å². The average molecular weight is 191 g/mol. The summed E-state index contributed by atoms with van der Waals surface area (Å²) in [5, 5.41) is 13.6. The van der Waals surface area contributed by atoms with E-state index in [1.807, 2.05) is 0 Å². The predicted octanol–water partition coefficient (Wildman–Crippen LogP) is 1.48. The van der Waals surface area contributed by atoms with Gasteiger partial charge >= 0.3 is 0 Å². The van der Waals surface area contributed by atoms with Crippen LogP contribution in [0.2, 0.25) is 0 Å².